The molecule has 5 nitrogen and oxygen atoms in total. The Kier molecular flexibility index (Phi) is 6.32. The van der Waals surface area contributed by atoms with Crippen molar-refractivity contribution < 1.29 is 18.7 Å². The zero-order chi connectivity index (χ0) is 22.7. The van der Waals surface area contributed by atoms with Crippen LogP contribution in [0.15, 0.2) is 64.6 Å². The minimum absolute atomic E-state index is 0.146. The first-order valence-corrected chi connectivity index (χ1v) is 11.1. The number of methoxy groups -OCH3 is 2. The number of para-hydroxylation sites is 1. The molecule has 6 heteroatoms. The number of nitrogens with one attached hydrogen (secondary N) is 1. The molecule has 0 aliphatic rings. The van der Waals surface area contributed by atoms with E-state index < -0.39 is 0 Å². The number of carbonyl (C=O) groups excluding carboxylic acids is 1. The lowest BCUT2D eigenvalue weighted by atomic mass is 9.96. The maximum absolute atomic E-state index is 12.5. The second kappa shape index (κ2) is 9.32. The van der Waals surface area contributed by atoms with Crippen LogP contribution in [0.4, 0.5) is 0 Å². The van der Waals surface area contributed by atoms with Crippen molar-refractivity contribution in [1.82, 2.24) is 5.32 Å². The molecule has 0 radical (unpaired) electrons. The number of ether oxygens (including phenoxy) is 2. The molecule has 0 saturated carbocycles. The summed E-state index contributed by atoms with van der Waals surface area (Å²) in [6.45, 7) is 4.39. The van der Waals surface area contributed by atoms with Gasteiger partial charge >= 0.3 is 0 Å². The Morgan fingerprint density at radius 1 is 1.12 bits per heavy atom. The molecule has 2 aromatic heterocycles. The van der Waals surface area contributed by atoms with Crippen molar-refractivity contribution in [3.8, 4) is 22.6 Å². The van der Waals surface area contributed by atoms with Gasteiger partial charge in [-0.3, -0.25) is 4.79 Å². The van der Waals surface area contributed by atoms with E-state index in [1.165, 1.54) is 0 Å². The van der Waals surface area contributed by atoms with E-state index in [9.17, 15) is 4.79 Å². The number of allylic oxidation sites excluding steroid dienone is 1. The molecule has 164 valence electrons. The molecular formula is C26H25NO4S. The van der Waals surface area contributed by atoms with E-state index in [2.05, 4.69) is 5.32 Å². The van der Waals surface area contributed by atoms with Gasteiger partial charge in [0.15, 0.2) is 0 Å². The molecule has 32 heavy (non-hydrogen) atoms. The summed E-state index contributed by atoms with van der Waals surface area (Å²) in [5.41, 5.74) is 5.16. The first-order valence-electron chi connectivity index (χ1n) is 10.2. The fourth-order valence-corrected chi connectivity index (χ4v) is 4.50. The summed E-state index contributed by atoms with van der Waals surface area (Å²) in [6.07, 6.45) is 3.35. The van der Waals surface area contributed by atoms with Gasteiger partial charge in [-0.2, -0.15) is 0 Å². The number of carbonyl (C=O) groups is 1. The second-order valence-electron chi connectivity index (χ2n) is 7.43. The highest BCUT2D eigenvalue weighted by molar-refractivity contribution is 7.09. The average molecular weight is 448 g/mol. The van der Waals surface area contributed by atoms with Gasteiger partial charge in [-0.05, 0) is 43.0 Å². The predicted molar refractivity (Wildman–Crippen MR) is 129 cm³/mol. The molecule has 1 N–H and O–H groups in total. The van der Waals surface area contributed by atoms with Crippen molar-refractivity contribution in [1.29, 1.82) is 0 Å². The van der Waals surface area contributed by atoms with Gasteiger partial charge in [0.1, 0.15) is 17.1 Å². The minimum Gasteiger partial charge on any atom is -0.496 e. The van der Waals surface area contributed by atoms with Crippen LogP contribution in [0.25, 0.3) is 27.7 Å². The fourth-order valence-electron chi connectivity index (χ4n) is 3.86. The van der Waals surface area contributed by atoms with Gasteiger partial charge in [-0.15, -0.1) is 11.3 Å². The summed E-state index contributed by atoms with van der Waals surface area (Å²) in [4.78, 5) is 13.6. The number of benzene rings is 2. The van der Waals surface area contributed by atoms with E-state index in [-0.39, 0.29) is 5.91 Å². The van der Waals surface area contributed by atoms with Crippen LogP contribution in [0.5, 0.6) is 11.5 Å². The first-order chi connectivity index (χ1) is 15.5. The van der Waals surface area contributed by atoms with E-state index in [1.807, 2.05) is 61.7 Å². The Bertz CT molecular complexity index is 1280. The quantitative estimate of drug-likeness (QED) is 0.342. The van der Waals surface area contributed by atoms with E-state index >= 15 is 0 Å². The van der Waals surface area contributed by atoms with E-state index in [4.69, 9.17) is 13.9 Å². The van der Waals surface area contributed by atoms with Gasteiger partial charge in [0.2, 0.25) is 5.91 Å². The molecule has 2 heterocycles. The molecular weight excluding hydrogens is 422 g/mol. The minimum atomic E-state index is -0.146. The molecule has 0 spiro atoms. The lowest BCUT2D eigenvalue weighted by Crippen LogP contribution is -2.20. The summed E-state index contributed by atoms with van der Waals surface area (Å²) >= 11 is 1.62. The van der Waals surface area contributed by atoms with Crippen molar-refractivity contribution in [3.05, 3.63) is 76.2 Å². The Labute approximate surface area is 191 Å². The van der Waals surface area contributed by atoms with Crippen molar-refractivity contribution in [2.24, 2.45) is 0 Å². The Hall–Kier alpha value is -3.51. The number of hydrogen-bond acceptors (Lipinski definition) is 5. The summed E-state index contributed by atoms with van der Waals surface area (Å²) in [5.74, 6) is 1.32. The van der Waals surface area contributed by atoms with Gasteiger partial charge in [-0.25, -0.2) is 0 Å². The predicted octanol–water partition coefficient (Wildman–Crippen LogP) is 6.21. The van der Waals surface area contributed by atoms with Crippen LogP contribution in [-0.2, 0) is 11.3 Å². The number of furan rings is 1. The summed E-state index contributed by atoms with van der Waals surface area (Å²) in [6, 6.07) is 13.8. The lowest BCUT2D eigenvalue weighted by Gasteiger charge is -2.14. The molecule has 1 amide bonds. The molecule has 0 unspecified atom stereocenters. The Morgan fingerprint density at radius 2 is 1.94 bits per heavy atom. The van der Waals surface area contributed by atoms with E-state index in [1.54, 1.807) is 37.9 Å². The number of amides is 1. The van der Waals surface area contributed by atoms with Crippen LogP contribution >= 0.6 is 11.3 Å². The molecule has 0 aliphatic heterocycles. The number of rotatable bonds is 7. The number of thiophene rings is 1. The summed E-state index contributed by atoms with van der Waals surface area (Å²) in [7, 11) is 3.29. The molecule has 0 aliphatic carbocycles. The van der Waals surface area contributed by atoms with E-state index in [0.29, 0.717) is 12.3 Å². The molecule has 0 fully saturated rings. The molecule has 2 aromatic carbocycles. The topological polar surface area (TPSA) is 60.7 Å². The number of hydrogen-bond donors (Lipinski definition) is 1. The smallest absolute Gasteiger partial charge is 0.244 e. The van der Waals surface area contributed by atoms with Crippen LogP contribution < -0.4 is 14.8 Å². The number of aryl methyl sites for hydroxylation is 1. The van der Waals surface area contributed by atoms with Gasteiger partial charge in [0.05, 0.1) is 27.0 Å². The second-order valence-corrected chi connectivity index (χ2v) is 8.47. The van der Waals surface area contributed by atoms with Crippen molar-refractivity contribution in [2.45, 2.75) is 20.4 Å². The van der Waals surface area contributed by atoms with E-state index in [0.717, 1.165) is 49.4 Å². The lowest BCUT2D eigenvalue weighted by molar-refractivity contribution is -0.116. The Morgan fingerprint density at radius 3 is 2.66 bits per heavy atom. The maximum Gasteiger partial charge on any atom is 0.244 e. The van der Waals surface area contributed by atoms with Gasteiger partial charge < -0.3 is 19.2 Å². The zero-order valence-electron chi connectivity index (χ0n) is 18.5. The molecule has 0 atom stereocenters. The maximum atomic E-state index is 12.5. The molecule has 4 aromatic rings. The van der Waals surface area contributed by atoms with Gasteiger partial charge in [0, 0.05) is 38.6 Å². The third-order valence-electron chi connectivity index (χ3n) is 5.43. The van der Waals surface area contributed by atoms with Crippen LogP contribution in [-0.4, -0.2) is 20.1 Å². The third kappa shape index (κ3) is 4.14. The van der Waals surface area contributed by atoms with Crippen molar-refractivity contribution >= 4 is 33.8 Å². The highest BCUT2D eigenvalue weighted by atomic mass is 32.1. The number of fused-ring (bicyclic) bond motifs is 1. The van der Waals surface area contributed by atoms with Crippen molar-refractivity contribution in [2.75, 3.05) is 14.2 Å². The highest BCUT2D eigenvalue weighted by Crippen LogP contribution is 2.42. The molecule has 0 bridgehead atoms. The zero-order valence-corrected chi connectivity index (χ0v) is 19.3. The van der Waals surface area contributed by atoms with Crippen LogP contribution in [0.1, 0.15) is 22.9 Å². The third-order valence-corrected chi connectivity index (χ3v) is 6.31. The SMILES string of the molecule is COc1ccccc1-c1coc2c(C)c(OC)c(/C(C)=C/C(=O)NCc3cccs3)cc12. The standard InChI is InChI=1S/C26H25NO4S/c1-16(12-24(28)27-14-18-8-7-11-32-18)20-13-21-22(19-9-5-6-10-23(19)29-3)15-31-26(21)17(2)25(20)30-4/h5-13,15H,14H2,1-4H3,(H,27,28)/b16-12+. The highest BCUT2D eigenvalue weighted by Gasteiger charge is 2.20. The Balaban J connectivity index is 1.75. The van der Waals surface area contributed by atoms with Gasteiger partial charge in [-0.1, -0.05) is 24.3 Å². The normalized spacial score (nSPS) is 11.6. The first kappa shape index (κ1) is 21.7. The van der Waals surface area contributed by atoms with Crippen LogP contribution in [0.2, 0.25) is 0 Å². The monoisotopic (exact) mass is 447 g/mol. The van der Waals surface area contributed by atoms with Crippen molar-refractivity contribution in [3.63, 3.8) is 0 Å². The summed E-state index contributed by atoms with van der Waals surface area (Å²) < 4.78 is 17.2. The van der Waals surface area contributed by atoms with Gasteiger partial charge in [0.25, 0.3) is 0 Å². The average Bonchev–Trinajstić information content (AvgIpc) is 3.47. The van der Waals surface area contributed by atoms with Crippen LogP contribution in [0.3, 0.4) is 0 Å². The fraction of sp³-hybridized carbons (Fsp3) is 0.192. The van der Waals surface area contributed by atoms with Crippen LogP contribution in [0, 0.1) is 6.92 Å². The summed E-state index contributed by atoms with van der Waals surface area (Å²) in [5, 5.41) is 5.88. The molecule has 0 saturated heterocycles. The largest absolute Gasteiger partial charge is 0.496 e. The molecule has 4 rings (SSSR count).